The predicted molar refractivity (Wildman–Crippen MR) is 74.5 cm³/mol. The minimum atomic E-state index is -0.446. The number of ether oxygens (including phenoxy) is 2. The number of cyclic esters (lactones) is 1. The number of hydrogen-bond donors (Lipinski definition) is 0. The smallest absolute Gasteiger partial charge is 0.338 e. The van der Waals surface area contributed by atoms with Gasteiger partial charge in [0.25, 0.3) is 0 Å². The van der Waals surface area contributed by atoms with E-state index < -0.39 is 6.29 Å². The van der Waals surface area contributed by atoms with Gasteiger partial charge in [0.2, 0.25) is 6.29 Å². The van der Waals surface area contributed by atoms with Crippen LogP contribution in [0.1, 0.15) is 59.8 Å². The van der Waals surface area contributed by atoms with Crippen LogP contribution in [0.5, 0.6) is 0 Å². The van der Waals surface area contributed by atoms with Crippen LogP contribution in [-0.2, 0) is 14.3 Å². The van der Waals surface area contributed by atoms with Crippen LogP contribution in [0.4, 0.5) is 0 Å². The van der Waals surface area contributed by atoms with Crippen LogP contribution in [0.25, 0.3) is 0 Å². The molecular weight excluding hydrogens is 240 g/mol. The molecule has 0 bridgehead atoms. The van der Waals surface area contributed by atoms with Crippen LogP contribution in [0, 0.1) is 11.3 Å². The highest BCUT2D eigenvalue weighted by atomic mass is 16.7. The molecule has 1 saturated heterocycles. The zero-order valence-electron chi connectivity index (χ0n) is 12.6. The van der Waals surface area contributed by atoms with Gasteiger partial charge in [-0.1, -0.05) is 46.1 Å². The van der Waals surface area contributed by atoms with Crippen LogP contribution in [-0.4, -0.2) is 18.4 Å². The van der Waals surface area contributed by atoms with Gasteiger partial charge in [-0.05, 0) is 25.7 Å². The molecule has 3 nitrogen and oxygen atoms in total. The molecular formula is C16H26O3. The normalized spacial score (nSPS) is 32.4. The second-order valence-corrected chi connectivity index (χ2v) is 6.90. The van der Waals surface area contributed by atoms with Crippen molar-refractivity contribution in [2.75, 3.05) is 0 Å². The van der Waals surface area contributed by atoms with E-state index in [9.17, 15) is 4.79 Å². The Hall–Kier alpha value is -0.830. The Balaban J connectivity index is 2.07. The molecule has 2 fully saturated rings. The maximum atomic E-state index is 12.2. The van der Waals surface area contributed by atoms with E-state index in [-0.39, 0.29) is 17.5 Å². The molecule has 0 N–H and O–H groups in total. The van der Waals surface area contributed by atoms with Crippen LogP contribution in [0.15, 0.2) is 11.6 Å². The first-order chi connectivity index (χ1) is 8.88. The average Bonchev–Trinajstić information content (AvgIpc) is 2.33. The maximum absolute atomic E-state index is 12.2. The van der Waals surface area contributed by atoms with Crippen LogP contribution < -0.4 is 0 Å². The monoisotopic (exact) mass is 266 g/mol. The van der Waals surface area contributed by atoms with Crippen LogP contribution >= 0.6 is 0 Å². The van der Waals surface area contributed by atoms with Gasteiger partial charge in [-0.15, -0.1) is 0 Å². The molecule has 0 aromatic carbocycles. The van der Waals surface area contributed by atoms with E-state index in [0.717, 1.165) is 0 Å². The molecule has 0 unspecified atom stereocenters. The van der Waals surface area contributed by atoms with Crippen molar-refractivity contribution in [2.24, 2.45) is 11.3 Å². The number of hydrogen-bond acceptors (Lipinski definition) is 3. The van der Waals surface area contributed by atoms with E-state index >= 15 is 0 Å². The molecule has 0 aromatic rings. The van der Waals surface area contributed by atoms with E-state index in [1.54, 1.807) is 0 Å². The largest absolute Gasteiger partial charge is 0.432 e. The highest BCUT2D eigenvalue weighted by Crippen LogP contribution is 2.33. The summed E-state index contributed by atoms with van der Waals surface area (Å²) in [5.41, 5.74) is 0.535. The Morgan fingerprint density at radius 1 is 1.16 bits per heavy atom. The van der Waals surface area contributed by atoms with Crippen molar-refractivity contribution >= 4 is 5.97 Å². The van der Waals surface area contributed by atoms with Gasteiger partial charge in [-0.2, -0.15) is 0 Å². The predicted octanol–water partition coefficient (Wildman–Crippen LogP) is 3.83. The van der Waals surface area contributed by atoms with Crippen molar-refractivity contribution in [3.63, 3.8) is 0 Å². The highest BCUT2D eigenvalue weighted by Gasteiger charge is 2.38. The number of carbonyl (C=O) groups excluding carboxylic acids is 1. The molecule has 2 aliphatic rings. The molecule has 2 atom stereocenters. The van der Waals surface area contributed by atoms with Gasteiger partial charge in [0, 0.05) is 5.41 Å². The fraction of sp³-hybridized carbons (Fsp3) is 0.812. The number of allylic oxidation sites excluding steroid dienone is 1. The molecule has 0 spiro atoms. The fourth-order valence-corrected chi connectivity index (χ4v) is 2.76. The second-order valence-electron chi connectivity index (χ2n) is 6.90. The highest BCUT2D eigenvalue weighted by molar-refractivity contribution is 5.90. The van der Waals surface area contributed by atoms with Gasteiger partial charge in [0.1, 0.15) is 0 Å². The molecule has 1 heterocycles. The van der Waals surface area contributed by atoms with Gasteiger partial charge in [-0.3, -0.25) is 0 Å². The summed E-state index contributed by atoms with van der Waals surface area (Å²) in [6.07, 6.45) is 7.73. The van der Waals surface area contributed by atoms with Crippen molar-refractivity contribution in [2.45, 2.75) is 72.2 Å². The molecule has 2 rings (SSSR count). The van der Waals surface area contributed by atoms with Crippen LogP contribution in [0.2, 0.25) is 0 Å². The van der Waals surface area contributed by atoms with Gasteiger partial charge in [0.15, 0.2) is 0 Å². The molecule has 19 heavy (non-hydrogen) atoms. The summed E-state index contributed by atoms with van der Waals surface area (Å²) in [6.45, 7) is 8.02. The Morgan fingerprint density at radius 3 is 2.32 bits per heavy atom. The molecule has 3 heteroatoms. The summed E-state index contributed by atoms with van der Waals surface area (Å²) < 4.78 is 11.3. The van der Waals surface area contributed by atoms with Crippen molar-refractivity contribution in [1.29, 1.82) is 0 Å². The van der Waals surface area contributed by atoms with E-state index in [0.29, 0.717) is 11.5 Å². The average molecular weight is 266 g/mol. The van der Waals surface area contributed by atoms with Crippen molar-refractivity contribution in [3.05, 3.63) is 11.6 Å². The first-order valence-electron chi connectivity index (χ1n) is 7.46. The number of carbonyl (C=O) groups is 1. The van der Waals surface area contributed by atoms with Crippen molar-refractivity contribution < 1.29 is 14.3 Å². The van der Waals surface area contributed by atoms with Gasteiger partial charge in [-0.25, -0.2) is 4.79 Å². The van der Waals surface area contributed by atoms with E-state index in [2.05, 4.69) is 6.08 Å². The van der Waals surface area contributed by atoms with Gasteiger partial charge < -0.3 is 9.47 Å². The molecule has 1 saturated carbocycles. The Morgan fingerprint density at radius 2 is 1.79 bits per heavy atom. The number of esters is 1. The minimum Gasteiger partial charge on any atom is -0.432 e. The third-order valence-electron chi connectivity index (χ3n) is 3.99. The molecule has 1 aliphatic carbocycles. The Bertz CT molecular complexity index is 359. The van der Waals surface area contributed by atoms with Crippen LogP contribution in [0.3, 0.4) is 0 Å². The third-order valence-corrected chi connectivity index (χ3v) is 3.99. The minimum absolute atomic E-state index is 0.160. The molecule has 0 aromatic heterocycles. The lowest BCUT2D eigenvalue weighted by Crippen LogP contribution is -2.43. The summed E-state index contributed by atoms with van der Waals surface area (Å²) in [6, 6.07) is 0. The summed E-state index contributed by atoms with van der Waals surface area (Å²) in [7, 11) is 0. The first-order valence-corrected chi connectivity index (χ1v) is 7.46. The van der Waals surface area contributed by atoms with E-state index in [4.69, 9.17) is 9.47 Å². The van der Waals surface area contributed by atoms with Crippen molar-refractivity contribution in [3.8, 4) is 0 Å². The third kappa shape index (κ3) is 3.59. The topological polar surface area (TPSA) is 35.5 Å². The lowest BCUT2D eigenvalue weighted by molar-refractivity contribution is -0.226. The lowest BCUT2D eigenvalue weighted by Gasteiger charge is -2.37. The van der Waals surface area contributed by atoms with Crippen molar-refractivity contribution in [1.82, 2.24) is 0 Å². The number of rotatable bonds is 1. The maximum Gasteiger partial charge on any atom is 0.338 e. The van der Waals surface area contributed by atoms with E-state index in [1.165, 1.54) is 32.1 Å². The zero-order valence-corrected chi connectivity index (χ0v) is 12.6. The quantitative estimate of drug-likeness (QED) is 0.534. The first kappa shape index (κ1) is 14.6. The Labute approximate surface area is 116 Å². The molecule has 1 aliphatic heterocycles. The zero-order chi connectivity index (χ0) is 14.0. The Kier molecular flexibility index (Phi) is 4.34. The summed E-state index contributed by atoms with van der Waals surface area (Å²) >= 11 is 0. The standard InChI is InChI=1S/C16H26O3/c1-11-13(10-12-8-6-5-7-9-12)14(17)19-15(18-11)16(2,3)4/h10-12,15H,5-9H2,1-4H3/b13-10+/t11-,15-/m1/s1. The summed E-state index contributed by atoms with van der Waals surface area (Å²) in [5.74, 6) is 0.331. The molecule has 0 amide bonds. The summed E-state index contributed by atoms with van der Waals surface area (Å²) in [5, 5.41) is 0. The van der Waals surface area contributed by atoms with Gasteiger partial charge in [0.05, 0.1) is 11.7 Å². The van der Waals surface area contributed by atoms with Gasteiger partial charge >= 0.3 is 5.97 Å². The molecule has 0 radical (unpaired) electrons. The van der Waals surface area contributed by atoms with E-state index in [1.807, 2.05) is 27.7 Å². The molecule has 108 valence electrons. The fourth-order valence-electron chi connectivity index (χ4n) is 2.76. The summed E-state index contributed by atoms with van der Waals surface area (Å²) in [4.78, 5) is 12.2. The second kappa shape index (κ2) is 5.66. The lowest BCUT2D eigenvalue weighted by atomic mass is 9.87. The SMILES string of the molecule is C[C@H]1O[C@@H](C(C)(C)C)OC(=O)/C1=C/C1CCCCC1.